The van der Waals surface area contributed by atoms with Crippen LogP contribution in [0.15, 0.2) is 43.0 Å². The van der Waals surface area contributed by atoms with Crippen molar-refractivity contribution in [3.63, 3.8) is 0 Å². The molecule has 0 fully saturated rings. The Morgan fingerprint density at radius 1 is 1.33 bits per heavy atom. The van der Waals surface area contributed by atoms with E-state index >= 15 is 0 Å². The molecule has 0 aromatic carbocycles. The summed E-state index contributed by atoms with van der Waals surface area (Å²) in [6.07, 6.45) is 5.54. The van der Waals surface area contributed by atoms with Crippen molar-refractivity contribution < 1.29 is 14.3 Å². The number of aromatic amines is 1. The van der Waals surface area contributed by atoms with Crippen LogP contribution >= 0.6 is 11.6 Å². The molecule has 0 unspecified atom stereocenters. The lowest BCUT2D eigenvalue weighted by Crippen LogP contribution is -2.09. The molecule has 24 heavy (non-hydrogen) atoms. The summed E-state index contributed by atoms with van der Waals surface area (Å²) in [6.45, 7) is 0. The van der Waals surface area contributed by atoms with Crippen molar-refractivity contribution in [1.29, 1.82) is 0 Å². The first-order valence-corrected chi connectivity index (χ1v) is 7.24. The van der Waals surface area contributed by atoms with Crippen LogP contribution < -0.4 is 5.32 Å². The predicted molar refractivity (Wildman–Crippen MR) is 86.5 cm³/mol. The summed E-state index contributed by atoms with van der Waals surface area (Å²) in [5.74, 6) is 0.167. The van der Waals surface area contributed by atoms with Crippen LogP contribution in [0.25, 0.3) is 27.8 Å². The average molecular weight is 346 g/mol. The number of anilines is 1. The quantitative estimate of drug-likeness (QED) is 0.576. The zero-order valence-electron chi connectivity index (χ0n) is 12.0. The van der Waals surface area contributed by atoms with Crippen LogP contribution in [-0.4, -0.2) is 25.4 Å². The third kappa shape index (κ3) is 2.33. The summed E-state index contributed by atoms with van der Waals surface area (Å²) >= 11 is 6.46. The summed E-state index contributed by atoms with van der Waals surface area (Å²) in [5.41, 5.74) is 2.86. The predicted octanol–water partition coefficient (Wildman–Crippen LogP) is 3.96. The van der Waals surface area contributed by atoms with E-state index in [4.69, 9.17) is 11.6 Å². The van der Waals surface area contributed by atoms with Crippen LogP contribution in [-0.2, 0) is 4.94 Å². The monoisotopic (exact) mass is 345 g/mol. The lowest BCUT2D eigenvalue weighted by molar-refractivity contribution is -0.0544. The maximum Gasteiger partial charge on any atom is 0.450 e. The molecule has 7 nitrogen and oxygen atoms in total. The number of halogens is 2. The average Bonchev–Trinajstić information content (AvgIpc) is 3.20. The number of hydrogen-bond acceptors (Lipinski definition) is 4. The molecule has 0 atom stereocenters. The van der Waals surface area contributed by atoms with E-state index in [1.54, 1.807) is 29.1 Å². The number of nitrogens with zero attached hydrogens (tertiary/aromatic N) is 3. The summed E-state index contributed by atoms with van der Waals surface area (Å²) in [7, 11) is 0. The fourth-order valence-corrected chi connectivity index (χ4v) is 2.82. The Hall–Kier alpha value is -3.13. The number of pyridine rings is 2. The minimum absolute atomic E-state index is 0.167. The van der Waals surface area contributed by atoms with Crippen molar-refractivity contribution in [2.45, 2.75) is 0 Å². The Labute approximate surface area is 138 Å². The second-order valence-corrected chi connectivity index (χ2v) is 5.40. The molecule has 0 bridgehead atoms. The molecule has 4 aromatic rings. The summed E-state index contributed by atoms with van der Waals surface area (Å²) in [5, 5.41) is 3.57. The molecule has 0 saturated heterocycles. The number of carbonyl (C=O) groups is 1. The van der Waals surface area contributed by atoms with Crippen molar-refractivity contribution in [2.24, 2.45) is 0 Å². The lowest BCUT2D eigenvalue weighted by Gasteiger charge is -2.05. The number of carbonyl (C=O) groups excluding carboxylic acids is 1. The van der Waals surface area contributed by atoms with Gasteiger partial charge in [0.15, 0.2) is 5.82 Å². The van der Waals surface area contributed by atoms with Gasteiger partial charge >= 0.3 is 6.09 Å². The first-order chi connectivity index (χ1) is 11.7. The lowest BCUT2D eigenvalue weighted by atomic mass is 10.1. The van der Waals surface area contributed by atoms with Crippen molar-refractivity contribution in [3.8, 4) is 11.1 Å². The van der Waals surface area contributed by atoms with Gasteiger partial charge in [-0.15, -0.1) is 0 Å². The second-order valence-electron chi connectivity index (χ2n) is 5.02. The SMILES string of the molecule is O=C(Nc1cn2cc(-c3cnc4[nH]ccc4c3Cl)ccc2n1)OF. The first kappa shape index (κ1) is 14.5. The summed E-state index contributed by atoms with van der Waals surface area (Å²) in [6, 6.07) is 5.44. The number of imidazole rings is 1. The Bertz CT molecular complexity index is 1070. The molecule has 9 heteroatoms. The zero-order chi connectivity index (χ0) is 16.7. The van der Waals surface area contributed by atoms with E-state index in [1.165, 1.54) is 6.20 Å². The number of aromatic nitrogens is 4. The van der Waals surface area contributed by atoms with E-state index in [9.17, 15) is 9.32 Å². The molecule has 0 saturated carbocycles. The van der Waals surface area contributed by atoms with Gasteiger partial charge in [0, 0.05) is 39.6 Å². The first-order valence-electron chi connectivity index (χ1n) is 6.86. The number of amides is 1. The molecule has 2 N–H and O–H groups in total. The highest BCUT2D eigenvalue weighted by Crippen LogP contribution is 2.32. The minimum atomic E-state index is -1.23. The van der Waals surface area contributed by atoms with Crippen molar-refractivity contribution in [2.75, 3.05) is 5.32 Å². The maximum absolute atomic E-state index is 11.8. The normalized spacial score (nSPS) is 11.1. The van der Waals surface area contributed by atoms with Crippen LogP contribution in [0, 0.1) is 0 Å². The molecule has 0 spiro atoms. The highest BCUT2D eigenvalue weighted by atomic mass is 35.5. The molecule has 0 aliphatic carbocycles. The van der Waals surface area contributed by atoms with Gasteiger partial charge in [0.25, 0.3) is 0 Å². The highest BCUT2D eigenvalue weighted by Gasteiger charge is 2.12. The van der Waals surface area contributed by atoms with Gasteiger partial charge in [0.2, 0.25) is 0 Å². The Balaban J connectivity index is 1.78. The fraction of sp³-hybridized carbons (Fsp3) is 0. The zero-order valence-corrected chi connectivity index (χ0v) is 12.7. The van der Waals surface area contributed by atoms with E-state index in [-0.39, 0.29) is 5.82 Å². The topological polar surface area (TPSA) is 84.3 Å². The van der Waals surface area contributed by atoms with Crippen molar-refractivity contribution in [3.05, 3.63) is 48.0 Å². The second kappa shape index (κ2) is 5.50. The molecule has 0 aliphatic heterocycles. The number of nitrogens with one attached hydrogen (secondary N) is 2. The molecule has 4 aromatic heterocycles. The molecule has 0 radical (unpaired) electrons. The van der Waals surface area contributed by atoms with Crippen LogP contribution in [0.2, 0.25) is 5.02 Å². The number of rotatable bonds is 2. The molecule has 120 valence electrons. The minimum Gasteiger partial charge on any atom is -0.346 e. The van der Waals surface area contributed by atoms with Gasteiger partial charge in [-0.25, -0.2) is 19.7 Å². The van der Waals surface area contributed by atoms with Crippen molar-refractivity contribution >= 4 is 40.2 Å². The van der Waals surface area contributed by atoms with Gasteiger partial charge < -0.3 is 9.38 Å². The standard InChI is InChI=1S/C15H9ClFN5O2/c16-13-9-3-4-18-14(9)19-5-10(13)8-1-2-12-20-11(7-22(12)6-8)21-15(23)24-17/h1-7H,(H,18,19)(H,21,23). The van der Waals surface area contributed by atoms with Crippen LogP contribution in [0.1, 0.15) is 0 Å². The number of H-pyrrole nitrogens is 1. The third-order valence-corrected chi connectivity index (χ3v) is 3.99. The van der Waals surface area contributed by atoms with Gasteiger partial charge in [0.05, 0.1) is 11.2 Å². The number of hydrogen-bond donors (Lipinski definition) is 2. The van der Waals surface area contributed by atoms with Gasteiger partial charge in [0.1, 0.15) is 11.3 Å². The van der Waals surface area contributed by atoms with Crippen LogP contribution in [0.5, 0.6) is 0 Å². The van der Waals surface area contributed by atoms with Gasteiger partial charge in [-0.1, -0.05) is 11.6 Å². The van der Waals surface area contributed by atoms with Crippen molar-refractivity contribution in [1.82, 2.24) is 19.4 Å². The van der Waals surface area contributed by atoms with E-state index < -0.39 is 6.09 Å². The fourth-order valence-electron chi connectivity index (χ4n) is 2.51. The van der Waals surface area contributed by atoms with E-state index in [1.807, 2.05) is 12.1 Å². The van der Waals surface area contributed by atoms with E-state index in [2.05, 4.69) is 25.2 Å². The van der Waals surface area contributed by atoms with Gasteiger partial charge in [-0.05, 0) is 18.2 Å². The van der Waals surface area contributed by atoms with E-state index in [0.29, 0.717) is 16.3 Å². The Kier molecular flexibility index (Phi) is 3.31. The smallest absolute Gasteiger partial charge is 0.346 e. The molecule has 4 rings (SSSR count). The summed E-state index contributed by atoms with van der Waals surface area (Å²) < 4.78 is 13.5. The van der Waals surface area contributed by atoms with Crippen LogP contribution in [0.4, 0.5) is 15.1 Å². The van der Waals surface area contributed by atoms with Crippen LogP contribution in [0.3, 0.4) is 0 Å². The maximum atomic E-state index is 11.8. The summed E-state index contributed by atoms with van der Waals surface area (Å²) in [4.78, 5) is 25.4. The molecule has 1 amide bonds. The largest absolute Gasteiger partial charge is 0.450 e. The molecule has 0 aliphatic rings. The van der Waals surface area contributed by atoms with Gasteiger partial charge in [-0.3, -0.25) is 5.32 Å². The van der Waals surface area contributed by atoms with Gasteiger partial charge in [-0.2, -0.15) is 0 Å². The highest BCUT2D eigenvalue weighted by molar-refractivity contribution is 6.38. The van der Waals surface area contributed by atoms with E-state index in [0.717, 1.165) is 16.5 Å². The Morgan fingerprint density at radius 3 is 3.04 bits per heavy atom. The molecular weight excluding hydrogens is 337 g/mol. The number of fused-ring (bicyclic) bond motifs is 2. The molecular formula is C15H9ClFN5O2. The molecule has 4 heterocycles. The third-order valence-electron chi connectivity index (χ3n) is 3.58. The Morgan fingerprint density at radius 2 is 2.21 bits per heavy atom.